The van der Waals surface area contributed by atoms with Crippen LogP contribution in [0.15, 0.2) is 41.7 Å². The van der Waals surface area contributed by atoms with Gasteiger partial charge < -0.3 is 10.2 Å². The van der Waals surface area contributed by atoms with Crippen LogP contribution in [0.3, 0.4) is 0 Å². The molecule has 0 spiro atoms. The molecule has 0 saturated heterocycles. The molecule has 2 unspecified atom stereocenters. The fourth-order valence-corrected chi connectivity index (χ4v) is 3.07. The van der Waals surface area contributed by atoms with E-state index in [9.17, 15) is 0 Å². The van der Waals surface area contributed by atoms with Gasteiger partial charge in [0.25, 0.3) is 0 Å². The zero-order chi connectivity index (χ0) is 16.4. The van der Waals surface area contributed by atoms with Crippen molar-refractivity contribution in [3.05, 3.63) is 52.8 Å². The van der Waals surface area contributed by atoms with E-state index in [0.717, 1.165) is 23.9 Å². The predicted octanol–water partition coefficient (Wildman–Crippen LogP) is 2.64. The summed E-state index contributed by atoms with van der Waals surface area (Å²) in [6.07, 6.45) is 5.02. The summed E-state index contributed by atoms with van der Waals surface area (Å²) in [7, 11) is 5.79. The van der Waals surface area contributed by atoms with Crippen LogP contribution in [0.1, 0.15) is 23.5 Å². The van der Waals surface area contributed by atoms with Crippen molar-refractivity contribution in [3.8, 4) is 0 Å². The Kier molecular flexibility index (Phi) is 4.57. The molecule has 3 rings (SSSR count). The van der Waals surface area contributed by atoms with Crippen LogP contribution in [0.5, 0.6) is 0 Å². The smallest absolute Gasteiger partial charge is 0.193 e. The van der Waals surface area contributed by atoms with Gasteiger partial charge >= 0.3 is 0 Å². The number of halogens is 1. The van der Waals surface area contributed by atoms with Crippen LogP contribution in [0.25, 0.3) is 0 Å². The number of aromatic nitrogens is 2. The molecule has 0 aliphatic heterocycles. The Morgan fingerprint density at radius 2 is 2.35 bits per heavy atom. The molecule has 2 aromatic rings. The van der Waals surface area contributed by atoms with Gasteiger partial charge in [0.1, 0.15) is 0 Å². The third kappa shape index (κ3) is 3.85. The van der Waals surface area contributed by atoms with Crippen molar-refractivity contribution in [1.29, 1.82) is 0 Å². The van der Waals surface area contributed by atoms with Crippen molar-refractivity contribution in [2.24, 2.45) is 12.0 Å². The minimum Gasteiger partial charge on any atom is -0.353 e. The van der Waals surface area contributed by atoms with Crippen LogP contribution >= 0.6 is 11.6 Å². The number of nitrogens with one attached hydrogen (secondary N) is 1. The Labute approximate surface area is 142 Å². The van der Waals surface area contributed by atoms with E-state index in [1.54, 1.807) is 0 Å². The van der Waals surface area contributed by atoms with Crippen LogP contribution in [-0.2, 0) is 13.6 Å². The minimum absolute atomic E-state index is 0.420. The van der Waals surface area contributed by atoms with Crippen molar-refractivity contribution in [1.82, 2.24) is 20.0 Å². The molecule has 1 aliphatic carbocycles. The number of nitrogens with zero attached hydrogens (tertiary/aromatic N) is 4. The SMILES string of the molecule is CN=C(NC1CC1c1cccc(Cl)c1)N(C)Cc1cnn(C)c1. The Hall–Kier alpha value is -2.01. The van der Waals surface area contributed by atoms with Crippen molar-refractivity contribution < 1.29 is 0 Å². The molecule has 0 radical (unpaired) electrons. The maximum atomic E-state index is 6.08. The molecule has 23 heavy (non-hydrogen) atoms. The number of rotatable bonds is 4. The second-order valence-corrected chi connectivity index (χ2v) is 6.51. The van der Waals surface area contributed by atoms with Crippen LogP contribution in [-0.4, -0.2) is 40.8 Å². The first-order chi connectivity index (χ1) is 11.1. The first kappa shape index (κ1) is 15.9. The summed E-state index contributed by atoms with van der Waals surface area (Å²) in [4.78, 5) is 6.51. The van der Waals surface area contributed by atoms with Crippen LogP contribution in [0, 0.1) is 0 Å². The summed E-state index contributed by atoms with van der Waals surface area (Å²) < 4.78 is 1.81. The van der Waals surface area contributed by atoms with Crippen molar-refractivity contribution >= 4 is 17.6 Å². The number of aliphatic imine (C=N–C) groups is 1. The van der Waals surface area contributed by atoms with E-state index >= 15 is 0 Å². The van der Waals surface area contributed by atoms with Gasteiger partial charge in [-0.15, -0.1) is 0 Å². The highest BCUT2D eigenvalue weighted by Crippen LogP contribution is 2.41. The molecule has 1 heterocycles. The lowest BCUT2D eigenvalue weighted by Crippen LogP contribution is -2.40. The second kappa shape index (κ2) is 6.62. The number of hydrogen-bond donors (Lipinski definition) is 1. The maximum absolute atomic E-state index is 6.08. The van der Waals surface area contributed by atoms with E-state index in [1.165, 1.54) is 11.1 Å². The van der Waals surface area contributed by atoms with Crippen LogP contribution in [0.4, 0.5) is 0 Å². The van der Waals surface area contributed by atoms with Crippen molar-refractivity contribution in [3.63, 3.8) is 0 Å². The number of benzene rings is 1. The van der Waals surface area contributed by atoms with Crippen LogP contribution < -0.4 is 5.32 Å². The molecule has 2 atom stereocenters. The minimum atomic E-state index is 0.420. The lowest BCUT2D eigenvalue weighted by molar-refractivity contribution is 0.475. The monoisotopic (exact) mass is 331 g/mol. The largest absolute Gasteiger partial charge is 0.353 e. The van der Waals surface area contributed by atoms with E-state index < -0.39 is 0 Å². The molecule has 1 N–H and O–H groups in total. The zero-order valence-corrected chi connectivity index (χ0v) is 14.5. The third-order valence-electron chi connectivity index (χ3n) is 4.13. The summed E-state index contributed by atoms with van der Waals surface area (Å²) in [5.41, 5.74) is 2.46. The zero-order valence-electron chi connectivity index (χ0n) is 13.7. The Balaban J connectivity index is 1.58. The first-order valence-corrected chi connectivity index (χ1v) is 8.12. The Morgan fingerprint density at radius 3 is 3.00 bits per heavy atom. The van der Waals surface area contributed by atoms with Gasteiger partial charge in [-0.3, -0.25) is 9.67 Å². The average molecular weight is 332 g/mol. The highest BCUT2D eigenvalue weighted by molar-refractivity contribution is 6.30. The van der Waals surface area contributed by atoms with Gasteiger partial charge in [-0.05, 0) is 24.1 Å². The average Bonchev–Trinajstić information content (AvgIpc) is 3.18. The summed E-state index contributed by atoms with van der Waals surface area (Å²) >= 11 is 6.08. The topological polar surface area (TPSA) is 45.5 Å². The van der Waals surface area contributed by atoms with Gasteiger partial charge in [0, 0.05) is 56.4 Å². The summed E-state index contributed by atoms with van der Waals surface area (Å²) in [5.74, 6) is 1.42. The second-order valence-electron chi connectivity index (χ2n) is 6.07. The Morgan fingerprint density at radius 1 is 1.52 bits per heavy atom. The van der Waals surface area contributed by atoms with Crippen molar-refractivity contribution in [2.75, 3.05) is 14.1 Å². The summed E-state index contributed by atoms with van der Waals surface area (Å²) in [6.45, 7) is 0.780. The molecular weight excluding hydrogens is 310 g/mol. The normalized spacial score (nSPS) is 20.4. The van der Waals surface area contributed by atoms with E-state index in [4.69, 9.17) is 11.6 Å². The van der Waals surface area contributed by atoms with E-state index in [-0.39, 0.29) is 0 Å². The molecule has 1 aromatic heterocycles. The summed E-state index contributed by atoms with van der Waals surface area (Å²) in [5, 5.41) is 8.54. The molecule has 1 aromatic carbocycles. The van der Waals surface area contributed by atoms with Crippen LogP contribution in [0.2, 0.25) is 5.02 Å². The third-order valence-corrected chi connectivity index (χ3v) is 4.37. The van der Waals surface area contributed by atoms with Gasteiger partial charge in [-0.25, -0.2) is 0 Å². The molecule has 0 amide bonds. The highest BCUT2D eigenvalue weighted by atomic mass is 35.5. The van der Waals surface area contributed by atoms with Gasteiger partial charge in [0.05, 0.1) is 6.20 Å². The Bertz CT molecular complexity index is 709. The van der Waals surface area contributed by atoms with Gasteiger partial charge in [-0.1, -0.05) is 23.7 Å². The molecule has 1 fully saturated rings. The standard InChI is InChI=1S/C17H22ClN5/c1-19-17(22(2)10-12-9-20-23(3)11-12)21-16-8-15(16)13-5-4-6-14(18)7-13/h4-7,9,11,15-16H,8,10H2,1-3H3,(H,19,21). The number of aryl methyl sites for hydroxylation is 1. The molecule has 122 valence electrons. The lowest BCUT2D eigenvalue weighted by Gasteiger charge is -2.21. The van der Waals surface area contributed by atoms with Crippen molar-refractivity contribution in [2.45, 2.75) is 24.9 Å². The molecule has 0 bridgehead atoms. The fraction of sp³-hybridized carbons (Fsp3) is 0.412. The molecular formula is C17H22ClN5. The number of guanidine groups is 1. The van der Waals surface area contributed by atoms with Gasteiger partial charge in [0.15, 0.2) is 5.96 Å². The number of hydrogen-bond acceptors (Lipinski definition) is 2. The van der Waals surface area contributed by atoms with E-state index in [0.29, 0.717) is 12.0 Å². The first-order valence-electron chi connectivity index (χ1n) is 7.74. The quantitative estimate of drug-likeness (QED) is 0.692. The predicted molar refractivity (Wildman–Crippen MR) is 93.8 cm³/mol. The highest BCUT2D eigenvalue weighted by Gasteiger charge is 2.39. The van der Waals surface area contributed by atoms with Gasteiger partial charge in [0.2, 0.25) is 0 Å². The molecule has 6 heteroatoms. The maximum Gasteiger partial charge on any atom is 0.193 e. The molecule has 1 aliphatic rings. The van der Waals surface area contributed by atoms with Gasteiger partial charge in [-0.2, -0.15) is 5.10 Å². The van der Waals surface area contributed by atoms with E-state index in [1.807, 2.05) is 50.4 Å². The fourth-order valence-electron chi connectivity index (χ4n) is 2.87. The lowest BCUT2D eigenvalue weighted by atomic mass is 10.1. The molecule has 5 nitrogen and oxygen atoms in total. The molecule has 1 saturated carbocycles. The van der Waals surface area contributed by atoms with E-state index in [2.05, 4.69) is 32.4 Å². The summed E-state index contributed by atoms with van der Waals surface area (Å²) in [6, 6.07) is 8.53.